The lowest BCUT2D eigenvalue weighted by Crippen LogP contribution is -2.38. The van der Waals surface area contributed by atoms with Gasteiger partial charge in [0.1, 0.15) is 16.5 Å². The summed E-state index contributed by atoms with van der Waals surface area (Å²) in [6.07, 6.45) is 4.14. The number of thiophene rings is 1. The molecular formula is C20H17BrN2O2S. The van der Waals surface area contributed by atoms with Crippen LogP contribution in [0.15, 0.2) is 45.3 Å². The first kappa shape index (κ1) is 16.1. The Morgan fingerprint density at radius 3 is 2.69 bits per heavy atom. The fourth-order valence-corrected chi connectivity index (χ4v) is 5.28. The van der Waals surface area contributed by atoms with Gasteiger partial charge in [-0.05, 0) is 55.5 Å². The van der Waals surface area contributed by atoms with Crippen LogP contribution in [-0.4, -0.2) is 5.91 Å². The normalized spacial score (nSPS) is 18.7. The lowest BCUT2D eigenvalue weighted by atomic mass is 9.94. The molecule has 1 aliphatic heterocycles. The van der Waals surface area contributed by atoms with Gasteiger partial charge in [-0.15, -0.1) is 11.3 Å². The minimum atomic E-state index is -0.334. The first-order valence-corrected chi connectivity index (χ1v) is 10.4. The van der Waals surface area contributed by atoms with Crippen LogP contribution in [-0.2, 0) is 12.8 Å². The lowest BCUT2D eigenvalue weighted by molar-refractivity contribution is 0.0930. The number of hydrogen-bond acceptors (Lipinski definition) is 4. The van der Waals surface area contributed by atoms with Crippen LogP contribution in [0.3, 0.4) is 0 Å². The van der Waals surface area contributed by atoms with Crippen molar-refractivity contribution in [3.05, 3.63) is 62.6 Å². The molecule has 3 aromatic rings. The number of fused-ring (bicyclic) bond motifs is 3. The van der Waals surface area contributed by atoms with E-state index in [4.69, 9.17) is 4.42 Å². The molecule has 1 aliphatic carbocycles. The molecule has 0 saturated carbocycles. The Morgan fingerprint density at radius 2 is 1.85 bits per heavy atom. The third-order valence-electron chi connectivity index (χ3n) is 4.99. The highest BCUT2D eigenvalue weighted by atomic mass is 79.9. The van der Waals surface area contributed by atoms with Crippen molar-refractivity contribution >= 4 is 38.2 Å². The van der Waals surface area contributed by atoms with Gasteiger partial charge in [-0.3, -0.25) is 4.79 Å². The second-order valence-corrected chi connectivity index (χ2v) is 8.70. The minimum Gasteiger partial charge on any atom is -0.457 e. The number of furan rings is 1. The fraction of sp³-hybridized carbons (Fsp3) is 0.250. The zero-order chi connectivity index (χ0) is 17.7. The Morgan fingerprint density at radius 1 is 1.04 bits per heavy atom. The van der Waals surface area contributed by atoms with Gasteiger partial charge < -0.3 is 15.1 Å². The number of hydrogen-bond donors (Lipinski definition) is 2. The van der Waals surface area contributed by atoms with Crippen LogP contribution >= 0.6 is 27.3 Å². The SMILES string of the molecule is O=C1NC(c2ccc(-c3ccc(Br)cc3)o2)Nc2sc3c(c21)CCCC3. The number of aryl methyl sites for hydroxylation is 1. The molecule has 6 heteroatoms. The van der Waals surface area contributed by atoms with Crippen LogP contribution in [0.2, 0.25) is 0 Å². The smallest absolute Gasteiger partial charge is 0.256 e. The molecule has 1 amide bonds. The number of carbonyl (C=O) groups excluding carboxylic acids is 1. The van der Waals surface area contributed by atoms with Crippen LogP contribution in [0.25, 0.3) is 11.3 Å². The van der Waals surface area contributed by atoms with Gasteiger partial charge in [0.25, 0.3) is 5.91 Å². The van der Waals surface area contributed by atoms with Crippen molar-refractivity contribution in [2.75, 3.05) is 5.32 Å². The van der Waals surface area contributed by atoms with Crippen molar-refractivity contribution in [1.82, 2.24) is 5.32 Å². The van der Waals surface area contributed by atoms with Crippen LogP contribution in [0.1, 0.15) is 45.6 Å². The van der Waals surface area contributed by atoms with E-state index in [1.807, 2.05) is 36.4 Å². The highest BCUT2D eigenvalue weighted by Gasteiger charge is 2.33. The number of anilines is 1. The number of nitrogens with one attached hydrogen (secondary N) is 2. The third kappa shape index (κ3) is 2.68. The fourth-order valence-electron chi connectivity index (χ4n) is 3.70. The maximum Gasteiger partial charge on any atom is 0.256 e. The summed E-state index contributed by atoms with van der Waals surface area (Å²) < 4.78 is 7.06. The molecule has 0 fully saturated rings. The van der Waals surface area contributed by atoms with E-state index in [2.05, 4.69) is 26.6 Å². The molecular weight excluding hydrogens is 412 g/mol. The largest absolute Gasteiger partial charge is 0.457 e. The summed E-state index contributed by atoms with van der Waals surface area (Å²) in [6.45, 7) is 0. The van der Waals surface area contributed by atoms with E-state index in [1.165, 1.54) is 23.3 Å². The van der Waals surface area contributed by atoms with Crippen LogP contribution in [0.5, 0.6) is 0 Å². The molecule has 26 heavy (non-hydrogen) atoms. The van der Waals surface area contributed by atoms with E-state index >= 15 is 0 Å². The third-order valence-corrected chi connectivity index (χ3v) is 6.74. The summed E-state index contributed by atoms with van der Waals surface area (Å²) in [5.74, 6) is 1.51. The maximum atomic E-state index is 12.7. The van der Waals surface area contributed by atoms with E-state index in [0.29, 0.717) is 5.76 Å². The van der Waals surface area contributed by atoms with Crippen molar-refractivity contribution in [3.8, 4) is 11.3 Å². The molecule has 1 atom stereocenters. The first-order valence-electron chi connectivity index (χ1n) is 8.76. The summed E-state index contributed by atoms with van der Waals surface area (Å²) in [5, 5.41) is 7.49. The van der Waals surface area contributed by atoms with Crippen molar-refractivity contribution in [2.24, 2.45) is 0 Å². The van der Waals surface area contributed by atoms with E-state index in [0.717, 1.165) is 39.2 Å². The monoisotopic (exact) mass is 428 g/mol. The quantitative estimate of drug-likeness (QED) is 0.566. The summed E-state index contributed by atoms with van der Waals surface area (Å²) in [6, 6.07) is 11.9. The summed E-state index contributed by atoms with van der Waals surface area (Å²) in [5.41, 5.74) is 3.10. The van der Waals surface area contributed by atoms with E-state index in [-0.39, 0.29) is 12.1 Å². The Bertz CT molecular complexity index is 990. The molecule has 0 spiro atoms. The average molecular weight is 429 g/mol. The highest BCUT2D eigenvalue weighted by Crippen LogP contribution is 2.41. The molecule has 0 saturated heterocycles. The number of amides is 1. The van der Waals surface area contributed by atoms with Crippen LogP contribution in [0.4, 0.5) is 5.00 Å². The standard InChI is InChI=1S/C20H17BrN2O2S/c21-12-7-5-11(6-8-12)14-9-10-15(25-14)18-22-19(24)17-13-3-1-2-4-16(13)26-20(17)23-18/h5-10,18,23H,1-4H2,(H,22,24). The van der Waals surface area contributed by atoms with Gasteiger partial charge in [0.15, 0.2) is 6.17 Å². The molecule has 1 aromatic carbocycles. The molecule has 3 heterocycles. The summed E-state index contributed by atoms with van der Waals surface area (Å²) in [4.78, 5) is 14.1. The predicted octanol–water partition coefficient (Wildman–Crippen LogP) is 5.50. The van der Waals surface area contributed by atoms with Gasteiger partial charge in [0.2, 0.25) is 0 Å². The predicted molar refractivity (Wildman–Crippen MR) is 107 cm³/mol. The Kier molecular flexibility index (Phi) is 3.90. The number of halogens is 1. The van der Waals surface area contributed by atoms with Gasteiger partial charge >= 0.3 is 0 Å². The molecule has 2 aliphatic rings. The number of benzene rings is 1. The van der Waals surface area contributed by atoms with Crippen molar-refractivity contribution in [2.45, 2.75) is 31.8 Å². The highest BCUT2D eigenvalue weighted by molar-refractivity contribution is 9.10. The first-order chi connectivity index (χ1) is 12.7. The molecule has 4 nitrogen and oxygen atoms in total. The Balaban J connectivity index is 1.44. The molecule has 0 bridgehead atoms. The average Bonchev–Trinajstić information content (AvgIpc) is 3.27. The zero-order valence-electron chi connectivity index (χ0n) is 14.0. The van der Waals surface area contributed by atoms with Crippen molar-refractivity contribution in [3.63, 3.8) is 0 Å². The number of rotatable bonds is 2. The van der Waals surface area contributed by atoms with Gasteiger partial charge in [-0.2, -0.15) is 0 Å². The molecule has 2 aromatic heterocycles. The number of carbonyl (C=O) groups is 1. The maximum absolute atomic E-state index is 12.7. The topological polar surface area (TPSA) is 54.3 Å². The lowest BCUT2D eigenvalue weighted by Gasteiger charge is -2.25. The zero-order valence-corrected chi connectivity index (χ0v) is 16.4. The van der Waals surface area contributed by atoms with Gasteiger partial charge in [-0.1, -0.05) is 28.1 Å². The van der Waals surface area contributed by atoms with Gasteiger partial charge in [0, 0.05) is 14.9 Å². The second-order valence-electron chi connectivity index (χ2n) is 6.67. The van der Waals surface area contributed by atoms with Gasteiger partial charge in [-0.25, -0.2) is 0 Å². The Labute approximate surface area is 163 Å². The van der Waals surface area contributed by atoms with Crippen LogP contribution in [0, 0.1) is 0 Å². The van der Waals surface area contributed by atoms with Gasteiger partial charge in [0.05, 0.1) is 5.56 Å². The molecule has 0 radical (unpaired) electrons. The van der Waals surface area contributed by atoms with E-state index < -0.39 is 0 Å². The van der Waals surface area contributed by atoms with Crippen LogP contribution < -0.4 is 10.6 Å². The molecule has 132 valence electrons. The summed E-state index contributed by atoms with van der Waals surface area (Å²) >= 11 is 5.17. The second kappa shape index (κ2) is 6.28. The molecule has 5 rings (SSSR count). The van der Waals surface area contributed by atoms with E-state index in [1.54, 1.807) is 11.3 Å². The minimum absolute atomic E-state index is 0.00439. The molecule has 1 unspecified atom stereocenters. The summed E-state index contributed by atoms with van der Waals surface area (Å²) in [7, 11) is 0. The molecule has 2 N–H and O–H groups in total. The van der Waals surface area contributed by atoms with Crippen molar-refractivity contribution in [1.29, 1.82) is 0 Å². The van der Waals surface area contributed by atoms with E-state index in [9.17, 15) is 4.79 Å². The van der Waals surface area contributed by atoms with Crippen molar-refractivity contribution < 1.29 is 9.21 Å². The Hall–Kier alpha value is -2.05.